The molecule has 4 aromatic carbocycles. The number of amides is 1. The maximum Gasteiger partial charge on any atom is 0.509 e. The maximum absolute atomic E-state index is 16.8. The zero-order valence-corrected chi connectivity index (χ0v) is 49.7. The molecular weight excluding hydrogens is 1100 g/mol. The molecule has 3 fully saturated rings. The van der Waals surface area contributed by atoms with Crippen LogP contribution in [0.1, 0.15) is 116 Å². The van der Waals surface area contributed by atoms with Crippen LogP contribution in [0, 0.1) is 22.7 Å². The van der Waals surface area contributed by atoms with Crippen LogP contribution in [0.4, 0.5) is 14.4 Å². The highest BCUT2D eigenvalue weighted by atomic mass is 16.7. The number of esters is 3. The predicted octanol–water partition coefficient (Wildman–Crippen LogP) is 9.85. The van der Waals surface area contributed by atoms with Crippen molar-refractivity contribution in [1.29, 1.82) is 0 Å². The van der Waals surface area contributed by atoms with E-state index in [0.29, 0.717) is 11.1 Å². The van der Waals surface area contributed by atoms with Gasteiger partial charge in [0.2, 0.25) is 0 Å². The van der Waals surface area contributed by atoms with Crippen molar-refractivity contribution >= 4 is 42.1 Å². The lowest BCUT2D eigenvalue weighted by Gasteiger charge is -2.67. The first-order valence-electron chi connectivity index (χ1n) is 28.5. The summed E-state index contributed by atoms with van der Waals surface area (Å²) >= 11 is 0. The summed E-state index contributed by atoms with van der Waals surface area (Å²) in [6.07, 6.45) is -14.3. The van der Waals surface area contributed by atoms with Gasteiger partial charge in [0.1, 0.15) is 55.6 Å². The van der Waals surface area contributed by atoms with E-state index < -0.39 is 138 Å². The molecule has 456 valence electrons. The van der Waals surface area contributed by atoms with Crippen molar-refractivity contribution in [2.75, 3.05) is 13.4 Å². The number of benzene rings is 4. The molecule has 85 heavy (non-hydrogen) atoms. The second kappa shape index (κ2) is 26.3. The third-order valence-electron chi connectivity index (χ3n) is 16.4. The van der Waals surface area contributed by atoms with Crippen molar-refractivity contribution in [3.63, 3.8) is 0 Å². The highest BCUT2D eigenvalue weighted by Crippen LogP contribution is 2.65. The molecule has 2 saturated carbocycles. The lowest BCUT2D eigenvalue weighted by atomic mass is 9.44. The lowest BCUT2D eigenvalue weighted by molar-refractivity contribution is -0.346. The molecule has 8 rings (SSSR count). The van der Waals surface area contributed by atoms with E-state index >= 15 is 9.59 Å². The number of hydrogen-bond donors (Lipinski definition) is 2. The zero-order valence-electron chi connectivity index (χ0n) is 49.7. The SMILES string of the molecule is CC(=O)O[C@@]12CO[C@@H]1C[C@H](OC(=O)OCc1ccccc1)[C@@]1(C)C(=O)[C@H](OC(=O)OCc3ccccc3)C3=C(C)[C@@H](OC(=O)[C@H](OCOCc4ccccc4)[C@H](CC(C)C)NC(=O)OC(C)(C)C)C[C@@](O)([C@@H](OC(=O)c4ccccc4)[C@H]21)C3(C)C. The molecule has 0 radical (unpaired) electrons. The van der Waals surface area contributed by atoms with E-state index in [-0.39, 0.29) is 55.3 Å². The Morgan fingerprint density at radius 1 is 0.741 bits per heavy atom. The molecule has 4 aromatic rings. The van der Waals surface area contributed by atoms with Crippen LogP contribution in [0.5, 0.6) is 0 Å². The highest BCUT2D eigenvalue weighted by molar-refractivity contribution is 5.95. The first kappa shape index (κ1) is 63.4. The maximum atomic E-state index is 16.8. The van der Waals surface area contributed by atoms with Crippen LogP contribution in [0.15, 0.2) is 132 Å². The van der Waals surface area contributed by atoms with Crippen molar-refractivity contribution < 1.29 is 90.8 Å². The van der Waals surface area contributed by atoms with Crippen molar-refractivity contribution in [2.45, 2.75) is 168 Å². The third kappa shape index (κ3) is 14.0. The van der Waals surface area contributed by atoms with Gasteiger partial charge in [-0.25, -0.2) is 24.0 Å². The smallest absolute Gasteiger partial charge is 0.456 e. The number of rotatable bonds is 20. The van der Waals surface area contributed by atoms with E-state index in [1.165, 1.54) is 26.0 Å². The van der Waals surface area contributed by atoms with Crippen molar-refractivity contribution in [3.8, 4) is 0 Å². The Hall–Kier alpha value is -7.65. The summed E-state index contributed by atoms with van der Waals surface area (Å²) < 4.78 is 67.4. The van der Waals surface area contributed by atoms with Crippen LogP contribution in [-0.2, 0) is 86.3 Å². The molecule has 20 nitrogen and oxygen atoms in total. The minimum atomic E-state index is -2.55. The Morgan fingerprint density at radius 2 is 1.28 bits per heavy atom. The van der Waals surface area contributed by atoms with Crippen LogP contribution in [0.2, 0.25) is 0 Å². The van der Waals surface area contributed by atoms with Crippen LogP contribution in [0.25, 0.3) is 0 Å². The number of aliphatic hydroxyl groups is 1. The summed E-state index contributed by atoms with van der Waals surface area (Å²) in [5.74, 6) is -5.76. The average molecular weight is 1180 g/mol. The van der Waals surface area contributed by atoms with E-state index in [1.807, 2.05) is 44.2 Å². The molecule has 3 aliphatic carbocycles. The number of alkyl carbamates (subject to hydrolysis) is 1. The molecular formula is C65H77NO19. The number of fused-ring (bicyclic) bond motifs is 5. The van der Waals surface area contributed by atoms with Crippen LogP contribution >= 0.6 is 0 Å². The van der Waals surface area contributed by atoms with Gasteiger partial charge in [-0.05, 0) is 86.9 Å². The molecule has 0 aromatic heterocycles. The summed E-state index contributed by atoms with van der Waals surface area (Å²) in [6.45, 7) is 14.6. The van der Waals surface area contributed by atoms with E-state index in [0.717, 1.165) is 12.5 Å². The molecule has 0 unspecified atom stereocenters. The van der Waals surface area contributed by atoms with Gasteiger partial charge in [-0.3, -0.25) is 9.59 Å². The van der Waals surface area contributed by atoms with Gasteiger partial charge in [0.05, 0.1) is 36.2 Å². The van der Waals surface area contributed by atoms with E-state index in [9.17, 15) is 29.1 Å². The topological polar surface area (TPSA) is 253 Å². The fourth-order valence-corrected chi connectivity index (χ4v) is 12.4. The second-order valence-electron chi connectivity index (χ2n) is 24.3. The second-order valence-corrected chi connectivity index (χ2v) is 24.3. The largest absolute Gasteiger partial charge is 0.509 e. The number of hydrogen-bond acceptors (Lipinski definition) is 19. The lowest BCUT2D eigenvalue weighted by Crippen LogP contribution is -2.82. The Labute approximate surface area is 495 Å². The number of carbonyl (C=O) groups excluding carboxylic acids is 7. The Kier molecular flexibility index (Phi) is 19.6. The monoisotopic (exact) mass is 1180 g/mol. The normalized spacial score (nSPS) is 26.5. The first-order chi connectivity index (χ1) is 40.3. The minimum absolute atomic E-state index is 0.0197. The molecule has 2 bridgehead atoms. The van der Waals surface area contributed by atoms with Gasteiger partial charge in [0.25, 0.3) is 0 Å². The van der Waals surface area contributed by atoms with Gasteiger partial charge in [-0.2, -0.15) is 0 Å². The van der Waals surface area contributed by atoms with Gasteiger partial charge in [0.15, 0.2) is 23.6 Å². The molecule has 20 heteroatoms. The quantitative estimate of drug-likeness (QED) is 0.0274. The van der Waals surface area contributed by atoms with Crippen LogP contribution < -0.4 is 5.32 Å². The molecule has 1 saturated heterocycles. The summed E-state index contributed by atoms with van der Waals surface area (Å²) in [4.78, 5) is 103. The molecule has 0 spiro atoms. The van der Waals surface area contributed by atoms with Gasteiger partial charge in [0, 0.05) is 25.2 Å². The van der Waals surface area contributed by atoms with Crippen LogP contribution in [0.3, 0.4) is 0 Å². The Balaban J connectivity index is 1.30. The van der Waals surface area contributed by atoms with E-state index in [1.54, 1.807) is 113 Å². The summed E-state index contributed by atoms with van der Waals surface area (Å²) in [5.41, 5.74) is -7.54. The summed E-state index contributed by atoms with van der Waals surface area (Å²) in [7, 11) is 0. The van der Waals surface area contributed by atoms with E-state index in [4.69, 9.17) is 52.1 Å². The fraction of sp³-hybridized carbons (Fsp3) is 0.492. The molecule has 1 aliphatic heterocycles. The number of nitrogens with one attached hydrogen (secondary N) is 1. The van der Waals surface area contributed by atoms with Crippen molar-refractivity contribution in [1.82, 2.24) is 5.32 Å². The van der Waals surface area contributed by atoms with E-state index in [2.05, 4.69) is 5.32 Å². The van der Waals surface area contributed by atoms with Crippen LogP contribution in [-0.4, -0.2) is 120 Å². The molecule has 2 N–H and O–H groups in total. The number of carbonyl (C=O) groups is 7. The van der Waals surface area contributed by atoms with Gasteiger partial charge in [-0.1, -0.05) is 137 Å². The zero-order chi connectivity index (χ0) is 61.5. The minimum Gasteiger partial charge on any atom is -0.456 e. The predicted molar refractivity (Wildman–Crippen MR) is 304 cm³/mol. The van der Waals surface area contributed by atoms with Crippen molar-refractivity contribution in [3.05, 3.63) is 155 Å². The standard InChI is InChI=1S/C65H77NO19/c1-39(2)31-46(66-58(71)85-61(5,6)7)51(79-38-75-34-42-23-15-11-16-24-42)57(70)80-47-33-65(74)55(83-56(69)45-29-21-14-22-30-45)53-63(10,54(68)52(50(40(47)3)62(65,8)9)82-60(73)77-36-44-27-19-13-20-28-44)48(32-49-64(53,37-78-49)84-41(4)67)81-59(72)76-35-43-25-17-12-18-26-43/h11-30,39,46-49,51-53,55,74H,31-38H2,1-10H3,(H,66,71)/t46-,47-,48-,49+,51+,52+,53-,55-,63+,64-,65+/m0/s1. The molecule has 1 amide bonds. The Morgan fingerprint density at radius 3 is 1.80 bits per heavy atom. The third-order valence-corrected chi connectivity index (χ3v) is 16.4. The van der Waals surface area contributed by atoms with Gasteiger partial charge >= 0.3 is 36.3 Å². The van der Waals surface area contributed by atoms with Crippen molar-refractivity contribution in [2.24, 2.45) is 22.7 Å². The first-order valence-corrected chi connectivity index (χ1v) is 28.5. The van der Waals surface area contributed by atoms with Gasteiger partial charge in [-0.15, -0.1) is 0 Å². The summed E-state index contributed by atoms with van der Waals surface area (Å²) in [5, 5.41) is 17.2. The Bertz CT molecular complexity index is 3060. The molecule has 4 aliphatic rings. The fourth-order valence-electron chi connectivity index (χ4n) is 12.4. The number of ether oxygens (including phenoxy) is 11. The summed E-state index contributed by atoms with van der Waals surface area (Å²) in [6, 6.07) is 33.3. The number of ketones is 1. The highest BCUT2D eigenvalue weighted by Gasteiger charge is 2.79. The van der Waals surface area contributed by atoms with Gasteiger partial charge < -0.3 is 62.5 Å². The average Bonchev–Trinajstić information content (AvgIpc) is 0.705. The molecule has 1 heterocycles. The number of Topliss-reactive ketones (excluding diaryl/α,β-unsaturated/α-hetero) is 1. The molecule has 11 atom stereocenters.